The molecule has 0 aliphatic carbocycles. The molecule has 2 aliphatic heterocycles. The fourth-order valence-electron chi connectivity index (χ4n) is 3.30. The molecule has 0 spiro atoms. The van der Waals surface area contributed by atoms with Gasteiger partial charge in [-0.05, 0) is 44.4 Å². The number of aryl methyl sites for hydroxylation is 1. The number of carbonyl (C=O) groups excluding carboxylic acids is 2. The smallest absolute Gasteiger partial charge is 0.229 e. The first-order chi connectivity index (χ1) is 12.1. The van der Waals surface area contributed by atoms with Gasteiger partial charge in [-0.2, -0.15) is 0 Å². The molecule has 0 radical (unpaired) electrons. The van der Waals surface area contributed by atoms with Crippen molar-refractivity contribution in [3.05, 3.63) is 23.8 Å². The van der Waals surface area contributed by atoms with Gasteiger partial charge in [0.25, 0.3) is 0 Å². The van der Waals surface area contributed by atoms with E-state index in [0.29, 0.717) is 31.1 Å². The third-order valence-corrected chi connectivity index (χ3v) is 4.81. The maximum atomic E-state index is 12.5. The Balaban J connectivity index is 1.64. The molecule has 0 bridgehead atoms. The molecule has 0 saturated carbocycles. The lowest BCUT2D eigenvalue weighted by molar-refractivity contribution is -0.128. The Bertz CT molecular complexity index is 640. The Morgan fingerprint density at radius 3 is 2.96 bits per heavy atom. The van der Waals surface area contributed by atoms with E-state index >= 15 is 0 Å². The van der Waals surface area contributed by atoms with Crippen LogP contribution in [0.25, 0.3) is 0 Å². The number of nitrogens with zero attached hydrogens (tertiary/aromatic N) is 1. The first kappa shape index (κ1) is 17.7. The number of hydrogen-bond donors (Lipinski definition) is 1. The summed E-state index contributed by atoms with van der Waals surface area (Å²) >= 11 is 0. The Morgan fingerprint density at radius 1 is 1.44 bits per heavy atom. The van der Waals surface area contributed by atoms with Gasteiger partial charge in [0, 0.05) is 26.1 Å². The Labute approximate surface area is 148 Å². The topological polar surface area (TPSA) is 67.9 Å². The van der Waals surface area contributed by atoms with Crippen molar-refractivity contribution < 1.29 is 19.1 Å². The molecule has 2 atom stereocenters. The van der Waals surface area contributed by atoms with Gasteiger partial charge in [0.15, 0.2) is 0 Å². The van der Waals surface area contributed by atoms with Gasteiger partial charge in [0.1, 0.15) is 12.4 Å². The van der Waals surface area contributed by atoms with E-state index in [9.17, 15) is 9.59 Å². The molecule has 6 nitrogen and oxygen atoms in total. The van der Waals surface area contributed by atoms with Gasteiger partial charge in [-0.15, -0.1) is 0 Å². The maximum absolute atomic E-state index is 12.5. The van der Waals surface area contributed by atoms with Crippen LogP contribution in [0.15, 0.2) is 18.2 Å². The van der Waals surface area contributed by atoms with E-state index in [1.54, 1.807) is 4.90 Å². The first-order valence-corrected chi connectivity index (χ1v) is 9.00. The van der Waals surface area contributed by atoms with Crippen LogP contribution in [0.4, 0.5) is 5.69 Å². The number of rotatable bonds is 6. The largest absolute Gasteiger partial charge is 0.489 e. The van der Waals surface area contributed by atoms with Crippen molar-refractivity contribution in [3.63, 3.8) is 0 Å². The number of anilines is 1. The highest BCUT2D eigenvalue weighted by atomic mass is 16.5. The van der Waals surface area contributed by atoms with Crippen LogP contribution < -0.4 is 10.1 Å². The zero-order valence-corrected chi connectivity index (χ0v) is 14.9. The van der Waals surface area contributed by atoms with E-state index in [1.165, 1.54) is 0 Å². The van der Waals surface area contributed by atoms with Crippen LogP contribution >= 0.6 is 0 Å². The molecule has 136 valence electrons. The van der Waals surface area contributed by atoms with Crippen molar-refractivity contribution in [2.75, 3.05) is 31.6 Å². The van der Waals surface area contributed by atoms with Crippen LogP contribution in [0.5, 0.6) is 5.75 Å². The van der Waals surface area contributed by atoms with Crippen molar-refractivity contribution in [1.29, 1.82) is 0 Å². The molecule has 3 rings (SSSR count). The Morgan fingerprint density at radius 2 is 2.28 bits per heavy atom. The van der Waals surface area contributed by atoms with E-state index in [-0.39, 0.29) is 30.3 Å². The van der Waals surface area contributed by atoms with Gasteiger partial charge in [0.2, 0.25) is 11.8 Å². The predicted octanol–water partition coefficient (Wildman–Crippen LogP) is 2.36. The van der Waals surface area contributed by atoms with Crippen LogP contribution in [0.1, 0.15) is 31.7 Å². The summed E-state index contributed by atoms with van der Waals surface area (Å²) < 4.78 is 11.5. The van der Waals surface area contributed by atoms with Crippen LogP contribution in [0, 0.1) is 12.8 Å². The lowest BCUT2D eigenvalue weighted by atomic mass is 10.1. The van der Waals surface area contributed by atoms with Crippen molar-refractivity contribution in [2.45, 2.75) is 39.2 Å². The zero-order valence-electron chi connectivity index (χ0n) is 14.9. The average Bonchev–Trinajstić information content (AvgIpc) is 3.24. The first-order valence-electron chi connectivity index (χ1n) is 9.00. The molecule has 1 N–H and O–H groups in total. The Kier molecular flexibility index (Phi) is 5.58. The van der Waals surface area contributed by atoms with Crippen LogP contribution in [-0.4, -0.2) is 49.1 Å². The number of likely N-dealkylation sites (tertiary alicyclic amines) is 1. The maximum Gasteiger partial charge on any atom is 0.229 e. The van der Waals surface area contributed by atoms with E-state index in [1.807, 2.05) is 32.0 Å². The molecule has 25 heavy (non-hydrogen) atoms. The summed E-state index contributed by atoms with van der Waals surface area (Å²) in [5.41, 5.74) is 1.71. The minimum atomic E-state index is -0.306. The summed E-state index contributed by atoms with van der Waals surface area (Å²) in [5, 5.41) is 2.94. The molecular formula is C19H26N2O4. The van der Waals surface area contributed by atoms with Gasteiger partial charge in [-0.1, -0.05) is 6.07 Å². The highest BCUT2D eigenvalue weighted by molar-refractivity contribution is 5.98. The van der Waals surface area contributed by atoms with Crippen molar-refractivity contribution in [3.8, 4) is 5.75 Å². The molecule has 1 aromatic carbocycles. The minimum absolute atomic E-state index is 0.0430. The quantitative estimate of drug-likeness (QED) is 0.859. The van der Waals surface area contributed by atoms with Crippen molar-refractivity contribution in [2.24, 2.45) is 5.92 Å². The number of nitrogens with one attached hydrogen (secondary N) is 1. The average molecular weight is 346 g/mol. The van der Waals surface area contributed by atoms with Crippen molar-refractivity contribution in [1.82, 2.24) is 4.90 Å². The monoisotopic (exact) mass is 346 g/mol. The molecule has 1 aromatic rings. The fraction of sp³-hybridized carbons (Fsp3) is 0.579. The summed E-state index contributed by atoms with van der Waals surface area (Å²) in [6.07, 6.45) is 2.46. The molecule has 2 fully saturated rings. The van der Waals surface area contributed by atoms with Crippen molar-refractivity contribution >= 4 is 17.5 Å². The molecule has 0 aromatic heterocycles. The highest BCUT2D eigenvalue weighted by Gasteiger charge is 2.33. The van der Waals surface area contributed by atoms with Crippen LogP contribution in [0.3, 0.4) is 0 Å². The molecule has 6 heteroatoms. The summed E-state index contributed by atoms with van der Waals surface area (Å²) in [7, 11) is 0. The van der Waals surface area contributed by atoms with Gasteiger partial charge in [-0.25, -0.2) is 0 Å². The van der Waals surface area contributed by atoms with E-state index in [0.717, 1.165) is 25.0 Å². The summed E-state index contributed by atoms with van der Waals surface area (Å²) in [6.45, 7) is 6.31. The van der Waals surface area contributed by atoms with Gasteiger partial charge in [0.05, 0.1) is 17.7 Å². The second kappa shape index (κ2) is 7.87. The lowest BCUT2D eigenvalue weighted by Crippen LogP contribution is -2.28. The van der Waals surface area contributed by atoms with Gasteiger partial charge in [-0.3, -0.25) is 9.59 Å². The standard InChI is InChI=1S/C19H26N2O4/c1-3-21-11-14(10-18(21)22)19(23)20-16-7-6-13(2)9-17(16)25-12-15-5-4-8-24-15/h6-7,9,14-15H,3-5,8,10-12H2,1-2H3,(H,20,23). The number of ether oxygens (including phenoxy) is 2. The minimum Gasteiger partial charge on any atom is -0.489 e. The SMILES string of the molecule is CCN1CC(C(=O)Nc2ccc(C)cc2OCC2CCCO2)CC1=O. The number of hydrogen-bond acceptors (Lipinski definition) is 4. The summed E-state index contributed by atoms with van der Waals surface area (Å²) in [6, 6.07) is 5.71. The van der Waals surface area contributed by atoms with Crippen LogP contribution in [-0.2, 0) is 14.3 Å². The second-order valence-electron chi connectivity index (χ2n) is 6.77. The second-order valence-corrected chi connectivity index (χ2v) is 6.77. The lowest BCUT2D eigenvalue weighted by Gasteiger charge is -2.17. The summed E-state index contributed by atoms with van der Waals surface area (Å²) in [4.78, 5) is 26.1. The normalized spacial score (nSPS) is 23.1. The third-order valence-electron chi connectivity index (χ3n) is 4.81. The Hall–Kier alpha value is -2.08. The zero-order chi connectivity index (χ0) is 17.8. The number of amides is 2. The number of carbonyl (C=O) groups is 2. The highest BCUT2D eigenvalue weighted by Crippen LogP contribution is 2.28. The summed E-state index contributed by atoms with van der Waals surface area (Å²) in [5.74, 6) is 0.261. The molecule has 2 unspecified atom stereocenters. The van der Waals surface area contributed by atoms with E-state index in [2.05, 4.69) is 5.32 Å². The fourth-order valence-corrected chi connectivity index (χ4v) is 3.30. The molecular weight excluding hydrogens is 320 g/mol. The van der Waals surface area contributed by atoms with Crippen LogP contribution in [0.2, 0.25) is 0 Å². The molecule has 2 heterocycles. The van der Waals surface area contributed by atoms with Gasteiger partial charge >= 0.3 is 0 Å². The molecule has 2 amide bonds. The van der Waals surface area contributed by atoms with E-state index < -0.39 is 0 Å². The van der Waals surface area contributed by atoms with Gasteiger partial charge < -0.3 is 19.7 Å². The van der Waals surface area contributed by atoms with E-state index in [4.69, 9.17) is 9.47 Å². The molecule has 2 aliphatic rings. The molecule has 2 saturated heterocycles. The third kappa shape index (κ3) is 4.31. The predicted molar refractivity (Wildman–Crippen MR) is 94.6 cm³/mol. The number of benzene rings is 1.